The summed E-state index contributed by atoms with van der Waals surface area (Å²) in [6, 6.07) is 0. The fourth-order valence-electron chi connectivity index (χ4n) is 1.04. The van der Waals surface area contributed by atoms with Crippen LogP contribution in [0, 0.1) is 0 Å². The highest BCUT2D eigenvalue weighted by molar-refractivity contribution is 7.80. The van der Waals surface area contributed by atoms with Gasteiger partial charge in [0.05, 0.1) is 0 Å². The number of amides is 1. The number of hydrogen-bond acceptors (Lipinski definition) is 4. The molecule has 6 nitrogen and oxygen atoms in total. The van der Waals surface area contributed by atoms with Gasteiger partial charge in [-0.05, 0) is 6.42 Å². The van der Waals surface area contributed by atoms with Crippen LogP contribution in [0.2, 0.25) is 0 Å². The molecule has 0 unspecified atom stereocenters. The average molecular weight is 227 g/mol. The van der Waals surface area contributed by atoms with Crippen LogP contribution < -0.4 is 11.1 Å². The van der Waals surface area contributed by atoms with Crippen molar-refractivity contribution in [3.63, 3.8) is 0 Å². The molecule has 15 heavy (non-hydrogen) atoms. The Morgan fingerprint density at radius 2 is 2.47 bits per heavy atom. The summed E-state index contributed by atoms with van der Waals surface area (Å²) in [5.74, 6) is 0.384. The third kappa shape index (κ3) is 3.62. The number of carbonyl (C=O) groups is 1. The van der Waals surface area contributed by atoms with E-state index in [0.717, 1.165) is 0 Å². The smallest absolute Gasteiger partial charge is 0.219 e. The summed E-state index contributed by atoms with van der Waals surface area (Å²) in [6.07, 6.45) is 2.73. The Kier molecular flexibility index (Phi) is 4.17. The molecule has 0 atom stereocenters. The number of aromatic nitrogens is 3. The molecule has 0 aliphatic carbocycles. The molecule has 0 fully saturated rings. The summed E-state index contributed by atoms with van der Waals surface area (Å²) in [5.41, 5.74) is 5.35. The molecule has 0 saturated carbocycles. The van der Waals surface area contributed by atoms with Gasteiger partial charge in [-0.25, -0.2) is 4.98 Å². The minimum absolute atomic E-state index is 0.0182. The normalized spacial score (nSPS) is 9.93. The van der Waals surface area contributed by atoms with Gasteiger partial charge >= 0.3 is 0 Å². The molecule has 0 radical (unpaired) electrons. The predicted molar refractivity (Wildman–Crippen MR) is 59.2 cm³/mol. The lowest BCUT2D eigenvalue weighted by molar-refractivity contribution is -0.120. The van der Waals surface area contributed by atoms with Gasteiger partial charge in [-0.15, -0.1) is 5.10 Å². The van der Waals surface area contributed by atoms with Gasteiger partial charge in [-0.1, -0.05) is 12.2 Å². The van der Waals surface area contributed by atoms with Gasteiger partial charge < -0.3 is 11.1 Å². The fraction of sp³-hybridized carbons (Fsp3) is 0.500. The number of nitrogens with two attached hydrogens (primary N) is 1. The van der Waals surface area contributed by atoms with E-state index in [-0.39, 0.29) is 10.9 Å². The molecule has 1 amide bonds. The van der Waals surface area contributed by atoms with Crippen molar-refractivity contribution in [2.45, 2.75) is 19.4 Å². The van der Waals surface area contributed by atoms with E-state index in [4.69, 9.17) is 18.0 Å². The Morgan fingerprint density at radius 3 is 3.00 bits per heavy atom. The number of thiocarbonyl (C=S) groups is 1. The van der Waals surface area contributed by atoms with Gasteiger partial charge in [0.25, 0.3) is 0 Å². The largest absolute Gasteiger partial charge is 0.387 e. The van der Waals surface area contributed by atoms with Crippen molar-refractivity contribution in [1.29, 1.82) is 0 Å². The first-order chi connectivity index (χ1) is 7.13. The average Bonchev–Trinajstić information content (AvgIpc) is 2.66. The first kappa shape index (κ1) is 11.6. The van der Waals surface area contributed by atoms with E-state index in [9.17, 15) is 4.79 Å². The van der Waals surface area contributed by atoms with Gasteiger partial charge in [0.15, 0.2) is 0 Å². The summed E-state index contributed by atoms with van der Waals surface area (Å²) in [7, 11) is 1.61. The first-order valence-electron chi connectivity index (χ1n) is 4.53. The molecule has 0 bridgehead atoms. The molecule has 0 aromatic carbocycles. The van der Waals surface area contributed by atoms with Gasteiger partial charge in [0, 0.05) is 20.0 Å². The molecule has 3 N–H and O–H groups in total. The minimum Gasteiger partial charge on any atom is -0.387 e. The highest BCUT2D eigenvalue weighted by atomic mass is 32.1. The second-order valence-electron chi connectivity index (χ2n) is 2.97. The molecule has 1 heterocycles. The second kappa shape index (κ2) is 5.40. The van der Waals surface area contributed by atoms with Crippen molar-refractivity contribution < 1.29 is 4.79 Å². The van der Waals surface area contributed by atoms with E-state index in [0.29, 0.717) is 25.2 Å². The summed E-state index contributed by atoms with van der Waals surface area (Å²) >= 11 is 4.72. The Labute approximate surface area is 92.9 Å². The summed E-state index contributed by atoms with van der Waals surface area (Å²) < 4.78 is 1.62. The van der Waals surface area contributed by atoms with Crippen molar-refractivity contribution in [1.82, 2.24) is 20.1 Å². The standard InChI is InChI=1S/C8H13N5OS/c1-10-6(14)3-2-4-13-5-11-8(12-13)7(9)15/h5H,2-4H2,1H3,(H2,9,15)(H,10,14). The van der Waals surface area contributed by atoms with E-state index in [1.165, 1.54) is 0 Å². The molecule has 82 valence electrons. The maximum absolute atomic E-state index is 10.9. The van der Waals surface area contributed by atoms with Gasteiger partial charge in [-0.2, -0.15) is 0 Å². The molecule has 0 aliphatic heterocycles. The van der Waals surface area contributed by atoms with Crippen molar-refractivity contribution in [3.8, 4) is 0 Å². The van der Waals surface area contributed by atoms with E-state index in [2.05, 4.69) is 15.4 Å². The highest BCUT2D eigenvalue weighted by Crippen LogP contribution is 1.95. The molecule has 0 saturated heterocycles. The predicted octanol–water partition coefficient (Wildman–Crippen LogP) is -0.562. The van der Waals surface area contributed by atoms with Crippen molar-refractivity contribution in [2.75, 3.05) is 7.05 Å². The zero-order valence-corrected chi connectivity index (χ0v) is 9.25. The number of hydrogen-bond donors (Lipinski definition) is 2. The summed E-state index contributed by atoms with van der Waals surface area (Å²) in [5, 5.41) is 6.59. The number of aryl methyl sites for hydroxylation is 1. The molecular weight excluding hydrogens is 214 g/mol. The van der Waals surface area contributed by atoms with E-state index in [1.54, 1.807) is 18.1 Å². The maximum Gasteiger partial charge on any atom is 0.219 e. The molecular formula is C8H13N5OS. The van der Waals surface area contributed by atoms with E-state index < -0.39 is 0 Å². The number of nitrogens with zero attached hydrogens (tertiary/aromatic N) is 3. The first-order valence-corrected chi connectivity index (χ1v) is 4.94. The maximum atomic E-state index is 10.9. The molecule has 7 heteroatoms. The summed E-state index contributed by atoms with van der Waals surface area (Å²) in [4.78, 5) is 15.0. The number of nitrogens with one attached hydrogen (secondary N) is 1. The molecule has 1 aromatic heterocycles. The van der Waals surface area contributed by atoms with Crippen LogP contribution in [0.4, 0.5) is 0 Å². The van der Waals surface area contributed by atoms with Crippen molar-refractivity contribution >= 4 is 23.1 Å². The molecule has 0 spiro atoms. The minimum atomic E-state index is 0.0182. The topological polar surface area (TPSA) is 85.8 Å². The van der Waals surface area contributed by atoms with Gasteiger partial charge in [0.2, 0.25) is 11.7 Å². The van der Waals surface area contributed by atoms with E-state index >= 15 is 0 Å². The van der Waals surface area contributed by atoms with Crippen LogP contribution in [-0.2, 0) is 11.3 Å². The van der Waals surface area contributed by atoms with Crippen LogP contribution in [0.15, 0.2) is 6.33 Å². The van der Waals surface area contributed by atoms with Crippen LogP contribution in [0.1, 0.15) is 18.7 Å². The SMILES string of the molecule is CNC(=O)CCCn1cnc(C(N)=S)n1. The van der Waals surface area contributed by atoms with E-state index in [1.807, 2.05) is 0 Å². The molecule has 1 aromatic rings. The Bertz CT molecular complexity index is 362. The third-order valence-corrected chi connectivity index (χ3v) is 2.01. The lowest BCUT2D eigenvalue weighted by Crippen LogP contribution is -2.18. The second-order valence-corrected chi connectivity index (χ2v) is 3.41. The Morgan fingerprint density at radius 1 is 1.73 bits per heavy atom. The van der Waals surface area contributed by atoms with Gasteiger partial charge in [-0.3, -0.25) is 9.48 Å². The monoisotopic (exact) mass is 227 g/mol. The van der Waals surface area contributed by atoms with Crippen LogP contribution in [0.5, 0.6) is 0 Å². The molecule has 0 aliphatic rings. The van der Waals surface area contributed by atoms with Crippen molar-refractivity contribution in [2.24, 2.45) is 5.73 Å². The lowest BCUT2D eigenvalue weighted by Gasteiger charge is -1.99. The van der Waals surface area contributed by atoms with Crippen LogP contribution in [-0.4, -0.2) is 32.7 Å². The highest BCUT2D eigenvalue weighted by Gasteiger charge is 2.03. The van der Waals surface area contributed by atoms with Crippen LogP contribution >= 0.6 is 12.2 Å². The number of carbonyl (C=O) groups excluding carboxylic acids is 1. The summed E-state index contributed by atoms with van der Waals surface area (Å²) in [6.45, 7) is 0.628. The zero-order valence-electron chi connectivity index (χ0n) is 8.43. The Hall–Kier alpha value is -1.50. The third-order valence-electron chi connectivity index (χ3n) is 1.83. The van der Waals surface area contributed by atoms with Crippen LogP contribution in [0.25, 0.3) is 0 Å². The number of rotatable bonds is 5. The van der Waals surface area contributed by atoms with Crippen LogP contribution in [0.3, 0.4) is 0 Å². The zero-order chi connectivity index (χ0) is 11.3. The molecule has 1 rings (SSSR count). The fourth-order valence-corrected chi connectivity index (χ4v) is 1.14. The lowest BCUT2D eigenvalue weighted by atomic mass is 10.3. The Balaban J connectivity index is 2.38. The quantitative estimate of drug-likeness (QED) is 0.658. The van der Waals surface area contributed by atoms with Crippen molar-refractivity contribution in [3.05, 3.63) is 12.2 Å². The van der Waals surface area contributed by atoms with Gasteiger partial charge in [0.1, 0.15) is 11.3 Å².